The van der Waals surface area contributed by atoms with Gasteiger partial charge >= 0.3 is 18.3 Å². The molecule has 0 aliphatic carbocycles. The SMILES string of the molecule is O=C(NCCOCC(F)(F)F)C(F)(F)C(F)(F)F. The highest BCUT2D eigenvalue weighted by Gasteiger charge is 2.63. The number of carbonyl (C=O) groups excluding carboxylic acids is 1. The van der Waals surface area contributed by atoms with E-state index >= 15 is 0 Å². The summed E-state index contributed by atoms with van der Waals surface area (Å²) >= 11 is 0. The van der Waals surface area contributed by atoms with Crippen LogP contribution in [0.15, 0.2) is 0 Å². The quantitative estimate of drug-likeness (QED) is 0.620. The Morgan fingerprint density at radius 3 is 1.89 bits per heavy atom. The molecule has 18 heavy (non-hydrogen) atoms. The fourth-order valence-corrected chi connectivity index (χ4v) is 0.664. The minimum atomic E-state index is -6.07. The van der Waals surface area contributed by atoms with E-state index in [4.69, 9.17) is 0 Å². The molecule has 0 fully saturated rings. The molecule has 108 valence electrons. The second kappa shape index (κ2) is 5.67. The molecule has 0 unspecified atom stereocenters. The summed E-state index contributed by atoms with van der Waals surface area (Å²) in [5, 5.41) is 1.11. The van der Waals surface area contributed by atoms with Crippen molar-refractivity contribution < 1.29 is 44.7 Å². The number of hydrogen-bond donors (Lipinski definition) is 1. The Kier molecular flexibility index (Phi) is 5.32. The molecule has 0 heterocycles. The Bertz CT molecular complexity index is 284. The van der Waals surface area contributed by atoms with Crippen molar-refractivity contribution >= 4 is 5.91 Å². The van der Waals surface area contributed by atoms with E-state index in [0.717, 1.165) is 5.32 Å². The first-order valence-electron chi connectivity index (χ1n) is 4.25. The highest BCUT2D eigenvalue weighted by atomic mass is 19.4. The summed E-state index contributed by atoms with van der Waals surface area (Å²) in [7, 11) is 0. The van der Waals surface area contributed by atoms with E-state index in [9.17, 15) is 39.9 Å². The van der Waals surface area contributed by atoms with Crippen LogP contribution >= 0.6 is 0 Å². The van der Waals surface area contributed by atoms with Gasteiger partial charge in [0.05, 0.1) is 6.61 Å². The van der Waals surface area contributed by atoms with E-state index in [1.54, 1.807) is 0 Å². The van der Waals surface area contributed by atoms with Gasteiger partial charge in [-0.2, -0.15) is 35.1 Å². The summed E-state index contributed by atoms with van der Waals surface area (Å²) in [5.74, 6) is -8.25. The van der Waals surface area contributed by atoms with Gasteiger partial charge in [-0.05, 0) is 0 Å². The predicted octanol–water partition coefficient (Wildman–Crippen LogP) is 1.88. The van der Waals surface area contributed by atoms with Crippen LogP contribution in [0.25, 0.3) is 0 Å². The van der Waals surface area contributed by atoms with Crippen LogP contribution in [0.1, 0.15) is 0 Å². The molecule has 1 amide bonds. The molecule has 0 aromatic carbocycles. The average Bonchev–Trinajstić information content (AvgIpc) is 2.13. The highest BCUT2D eigenvalue weighted by molar-refractivity contribution is 5.84. The van der Waals surface area contributed by atoms with Gasteiger partial charge in [-0.15, -0.1) is 0 Å². The van der Waals surface area contributed by atoms with Crippen molar-refractivity contribution in [3.63, 3.8) is 0 Å². The molecule has 1 N–H and O–H groups in total. The first kappa shape index (κ1) is 16.9. The van der Waals surface area contributed by atoms with E-state index in [1.807, 2.05) is 0 Å². The lowest BCUT2D eigenvalue weighted by Gasteiger charge is -2.18. The maximum absolute atomic E-state index is 12.3. The predicted molar refractivity (Wildman–Crippen MR) is 40.9 cm³/mol. The molecule has 0 rings (SSSR count). The molecule has 0 aromatic rings. The molecule has 3 nitrogen and oxygen atoms in total. The van der Waals surface area contributed by atoms with Gasteiger partial charge < -0.3 is 10.1 Å². The second-order valence-electron chi connectivity index (χ2n) is 3.00. The number of halogens is 8. The lowest BCUT2D eigenvalue weighted by atomic mass is 10.3. The van der Waals surface area contributed by atoms with E-state index in [2.05, 4.69) is 4.74 Å². The van der Waals surface area contributed by atoms with E-state index < -0.39 is 43.9 Å². The molecule has 0 saturated carbocycles. The van der Waals surface area contributed by atoms with Gasteiger partial charge in [-0.25, -0.2) is 0 Å². The summed E-state index contributed by atoms with van der Waals surface area (Å²) in [6.07, 6.45) is -10.7. The first-order valence-corrected chi connectivity index (χ1v) is 4.25. The molecule has 0 spiro atoms. The third kappa shape index (κ3) is 5.47. The molecule has 11 heteroatoms. The van der Waals surface area contributed by atoms with Gasteiger partial charge in [0.1, 0.15) is 6.61 Å². The lowest BCUT2D eigenvalue weighted by Crippen LogP contribution is -2.51. The summed E-state index contributed by atoms with van der Waals surface area (Å²) < 4.78 is 97.8. The van der Waals surface area contributed by atoms with Crippen molar-refractivity contribution in [1.82, 2.24) is 5.32 Å². The molecule has 0 radical (unpaired) electrons. The number of amides is 1. The van der Waals surface area contributed by atoms with Crippen molar-refractivity contribution in [2.45, 2.75) is 18.3 Å². The normalized spacial score (nSPS) is 13.6. The number of carbonyl (C=O) groups is 1. The van der Waals surface area contributed by atoms with Gasteiger partial charge in [-0.3, -0.25) is 4.79 Å². The van der Waals surface area contributed by atoms with Crippen LogP contribution < -0.4 is 5.32 Å². The van der Waals surface area contributed by atoms with Crippen molar-refractivity contribution in [2.24, 2.45) is 0 Å². The zero-order valence-electron chi connectivity index (χ0n) is 8.46. The van der Waals surface area contributed by atoms with Gasteiger partial charge in [-0.1, -0.05) is 0 Å². The minimum Gasteiger partial charge on any atom is -0.370 e. The smallest absolute Gasteiger partial charge is 0.370 e. The number of hydrogen-bond acceptors (Lipinski definition) is 2. The van der Waals surface area contributed by atoms with Gasteiger partial charge in [0.2, 0.25) is 0 Å². The molecule has 0 aromatic heterocycles. The first-order chi connectivity index (χ1) is 7.88. The van der Waals surface area contributed by atoms with E-state index in [-0.39, 0.29) is 0 Å². The summed E-state index contributed by atoms with van der Waals surface area (Å²) in [6, 6.07) is 0. The standard InChI is InChI=1S/C7H7F8NO2/c8-5(9,10)3-18-2-1-16-4(17)6(11,12)7(13,14)15/h1-3H2,(H,16,17). The van der Waals surface area contributed by atoms with E-state index in [0.29, 0.717) is 0 Å². The summed E-state index contributed by atoms with van der Waals surface area (Å²) in [5.41, 5.74) is 0. The molecular formula is C7H7F8NO2. The number of ether oxygens (including phenoxy) is 1. The second-order valence-corrected chi connectivity index (χ2v) is 3.00. The fraction of sp³-hybridized carbons (Fsp3) is 0.857. The molecular weight excluding hydrogens is 282 g/mol. The fourth-order valence-electron chi connectivity index (χ4n) is 0.664. The molecule has 0 bridgehead atoms. The van der Waals surface area contributed by atoms with Crippen molar-refractivity contribution in [3.8, 4) is 0 Å². The largest absolute Gasteiger partial charge is 0.463 e. The van der Waals surface area contributed by atoms with Gasteiger partial charge in [0.25, 0.3) is 5.91 Å². The van der Waals surface area contributed by atoms with Crippen molar-refractivity contribution in [2.75, 3.05) is 19.8 Å². The van der Waals surface area contributed by atoms with Crippen molar-refractivity contribution in [1.29, 1.82) is 0 Å². The van der Waals surface area contributed by atoms with Crippen LogP contribution in [0, 0.1) is 0 Å². The van der Waals surface area contributed by atoms with Crippen LogP contribution in [0.3, 0.4) is 0 Å². The third-order valence-corrected chi connectivity index (χ3v) is 1.44. The van der Waals surface area contributed by atoms with Crippen LogP contribution in [0.4, 0.5) is 35.1 Å². The molecule has 0 saturated heterocycles. The number of alkyl halides is 8. The van der Waals surface area contributed by atoms with Crippen LogP contribution in [0.5, 0.6) is 0 Å². The Balaban J connectivity index is 3.99. The Morgan fingerprint density at radius 1 is 1.00 bits per heavy atom. The zero-order chi connectivity index (χ0) is 14.6. The van der Waals surface area contributed by atoms with Crippen LogP contribution in [0.2, 0.25) is 0 Å². The number of nitrogens with one attached hydrogen (secondary N) is 1. The van der Waals surface area contributed by atoms with Crippen LogP contribution in [-0.4, -0.2) is 43.9 Å². The summed E-state index contributed by atoms with van der Waals surface area (Å²) in [4.78, 5) is 10.4. The van der Waals surface area contributed by atoms with Crippen molar-refractivity contribution in [3.05, 3.63) is 0 Å². The zero-order valence-corrected chi connectivity index (χ0v) is 8.46. The topological polar surface area (TPSA) is 38.3 Å². The van der Waals surface area contributed by atoms with Gasteiger partial charge in [0.15, 0.2) is 0 Å². The third-order valence-electron chi connectivity index (χ3n) is 1.44. The Hall–Kier alpha value is -1.13. The lowest BCUT2D eigenvalue weighted by molar-refractivity contribution is -0.269. The monoisotopic (exact) mass is 289 g/mol. The molecule has 0 aliphatic rings. The Labute approximate surface area is 95.1 Å². The Morgan fingerprint density at radius 2 is 1.50 bits per heavy atom. The highest BCUT2D eigenvalue weighted by Crippen LogP contribution is 2.35. The van der Waals surface area contributed by atoms with Crippen LogP contribution in [-0.2, 0) is 9.53 Å². The molecule has 0 aliphatic heterocycles. The average molecular weight is 289 g/mol. The van der Waals surface area contributed by atoms with E-state index in [1.165, 1.54) is 0 Å². The minimum absolute atomic E-state index is 0.848. The summed E-state index contributed by atoms with van der Waals surface area (Å²) in [6.45, 7) is -3.45. The number of rotatable bonds is 5. The van der Waals surface area contributed by atoms with Gasteiger partial charge in [0, 0.05) is 6.54 Å². The molecule has 0 atom stereocenters. The maximum atomic E-state index is 12.3. The maximum Gasteiger partial charge on any atom is 0.463 e.